The highest BCUT2D eigenvalue weighted by molar-refractivity contribution is 6.09. The zero-order valence-electron chi connectivity index (χ0n) is 12.7. The summed E-state index contributed by atoms with van der Waals surface area (Å²) in [6.45, 7) is 4.43. The number of nitrogens with zero attached hydrogens (tertiary/aromatic N) is 1. The Morgan fingerprint density at radius 3 is 2.50 bits per heavy atom. The lowest BCUT2D eigenvalue weighted by Crippen LogP contribution is -1.90. The van der Waals surface area contributed by atoms with E-state index in [0.29, 0.717) is 5.92 Å². The van der Waals surface area contributed by atoms with E-state index in [4.69, 9.17) is 4.42 Å². The molecular formula is C20H17NO. The Bertz CT molecular complexity index is 951. The first-order chi connectivity index (χ1) is 10.7. The van der Waals surface area contributed by atoms with Gasteiger partial charge < -0.3 is 4.42 Å². The number of hydrogen-bond acceptors (Lipinski definition) is 2. The lowest BCUT2D eigenvalue weighted by atomic mass is 9.96. The van der Waals surface area contributed by atoms with Gasteiger partial charge in [0, 0.05) is 22.5 Å². The molecule has 108 valence electrons. The van der Waals surface area contributed by atoms with Gasteiger partial charge in [-0.3, -0.25) is 4.98 Å². The second kappa shape index (κ2) is 4.99. The van der Waals surface area contributed by atoms with Gasteiger partial charge in [-0.05, 0) is 41.8 Å². The van der Waals surface area contributed by atoms with Gasteiger partial charge in [0.25, 0.3) is 0 Å². The summed E-state index contributed by atoms with van der Waals surface area (Å²) in [6, 6.07) is 18.6. The molecule has 0 N–H and O–H groups in total. The summed E-state index contributed by atoms with van der Waals surface area (Å²) in [6.07, 6.45) is 1.83. The second-order valence-electron chi connectivity index (χ2n) is 5.91. The maximum absolute atomic E-state index is 6.13. The van der Waals surface area contributed by atoms with Crippen molar-refractivity contribution in [1.29, 1.82) is 0 Å². The highest BCUT2D eigenvalue weighted by Gasteiger charge is 2.15. The van der Waals surface area contributed by atoms with Crippen LogP contribution in [0.1, 0.15) is 25.3 Å². The molecule has 0 aliphatic carbocycles. The lowest BCUT2D eigenvalue weighted by Gasteiger charge is -2.09. The van der Waals surface area contributed by atoms with Crippen LogP contribution in [0.2, 0.25) is 0 Å². The molecule has 22 heavy (non-hydrogen) atoms. The van der Waals surface area contributed by atoms with E-state index in [2.05, 4.69) is 43.1 Å². The van der Waals surface area contributed by atoms with Crippen molar-refractivity contribution in [2.45, 2.75) is 19.8 Å². The fourth-order valence-corrected chi connectivity index (χ4v) is 2.89. The maximum atomic E-state index is 6.13. The van der Waals surface area contributed by atoms with Crippen molar-refractivity contribution in [3.63, 3.8) is 0 Å². The van der Waals surface area contributed by atoms with Crippen molar-refractivity contribution < 1.29 is 4.42 Å². The van der Waals surface area contributed by atoms with Crippen LogP contribution in [0.4, 0.5) is 0 Å². The van der Waals surface area contributed by atoms with Gasteiger partial charge >= 0.3 is 0 Å². The number of aromatic nitrogens is 1. The number of hydrogen-bond donors (Lipinski definition) is 0. The zero-order chi connectivity index (χ0) is 15.1. The normalized spacial score (nSPS) is 11.6. The standard InChI is InChI=1S/C20H17NO/c1-13(2)14-11-16-15-7-3-4-9-19(15)22-20(16)17(12-14)18-8-5-6-10-21-18/h3-13H,1-2H3. The van der Waals surface area contributed by atoms with Gasteiger partial charge in [0.05, 0.1) is 5.69 Å². The Morgan fingerprint density at radius 1 is 0.909 bits per heavy atom. The van der Waals surface area contributed by atoms with Crippen LogP contribution in [0.5, 0.6) is 0 Å². The monoisotopic (exact) mass is 287 g/mol. The summed E-state index contributed by atoms with van der Waals surface area (Å²) in [7, 11) is 0. The number of furan rings is 1. The van der Waals surface area contributed by atoms with Gasteiger partial charge in [-0.25, -0.2) is 0 Å². The fourth-order valence-electron chi connectivity index (χ4n) is 2.89. The van der Waals surface area contributed by atoms with Crippen molar-refractivity contribution in [2.75, 3.05) is 0 Å². The third kappa shape index (κ3) is 2.00. The van der Waals surface area contributed by atoms with Crippen molar-refractivity contribution in [3.8, 4) is 11.3 Å². The van der Waals surface area contributed by atoms with E-state index in [9.17, 15) is 0 Å². The van der Waals surface area contributed by atoms with Gasteiger partial charge in [0.15, 0.2) is 0 Å². The fraction of sp³-hybridized carbons (Fsp3) is 0.150. The SMILES string of the molecule is CC(C)c1cc(-c2ccccn2)c2oc3ccccc3c2c1. The Labute approximate surface area is 129 Å². The molecule has 4 aromatic rings. The summed E-state index contributed by atoms with van der Waals surface area (Å²) in [4.78, 5) is 4.51. The number of fused-ring (bicyclic) bond motifs is 3. The predicted molar refractivity (Wildman–Crippen MR) is 91.0 cm³/mol. The Morgan fingerprint density at radius 2 is 1.73 bits per heavy atom. The van der Waals surface area contributed by atoms with Gasteiger partial charge in [0.2, 0.25) is 0 Å². The third-order valence-electron chi connectivity index (χ3n) is 4.11. The topological polar surface area (TPSA) is 26.0 Å². The average Bonchev–Trinajstić information content (AvgIpc) is 2.93. The smallest absolute Gasteiger partial charge is 0.144 e. The first kappa shape index (κ1) is 13.1. The largest absolute Gasteiger partial charge is 0.455 e. The van der Waals surface area contributed by atoms with Crippen molar-refractivity contribution in [2.24, 2.45) is 0 Å². The first-order valence-corrected chi connectivity index (χ1v) is 7.60. The summed E-state index contributed by atoms with van der Waals surface area (Å²) >= 11 is 0. The average molecular weight is 287 g/mol. The van der Waals surface area contributed by atoms with E-state index in [1.54, 1.807) is 0 Å². The molecule has 2 heterocycles. The molecular weight excluding hydrogens is 270 g/mol. The molecule has 0 bridgehead atoms. The molecule has 0 atom stereocenters. The van der Waals surface area contributed by atoms with Crippen LogP contribution in [-0.4, -0.2) is 4.98 Å². The van der Waals surface area contributed by atoms with E-state index in [1.165, 1.54) is 10.9 Å². The molecule has 2 aromatic heterocycles. The number of para-hydroxylation sites is 1. The van der Waals surface area contributed by atoms with Crippen LogP contribution in [-0.2, 0) is 0 Å². The third-order valence-corrected chi connectivity index (χ3v) is 4.11. The summed E-state index contributed by atoms with van der Waals surface area (Å²) in [5, 5.41) is 2.33. The minimum Gasteiger partial charge on any atom is -0.455 e. The van der Waals surface area contributed by atoms with Crippen LogP contribution in [0, 0.1) is 0 Å². The predicted octanol–water partition coefficient (Wildman–Crippen LogP) is 5.77. The number of benzene rings is 2. The van der Waals surface area contributed by atoms with E-state index in [-0.39, 0.29) is 0 Å². The summed E-state index contributed by atoms with van der Waals surface area (Å²) in [5.41, 5.74) is 5.17. The molecule has 2 aromatic carbocycles. The molecule has 0 spiro atoms. The molecule has 0 aliphatic rings. The minimum absolute atomic E-state index is 0.459. The van der Waals surface area contributed by atoms with E-state index in [0.717, 1.165) is 27.8 Å². The summed E-state index contributed by atoms with van der Waals surface area (Å²) in [5.74, 6) is 0.459. The highest BCUT2D eigenvalue weighted by Crippen LogP contribution is 2.37. The van der Waals surface area contributed by atoms with Crippen LogP contribution < -0.4 is 0 Å². The molecule has 0 saturated carbocycles. The quantitative estimate of drug-likeness (QED) is 0.467. The second-order valence-corrected chi connectivity index (χ2v) is 5.91. The van der Waals surface area contributed by atoms with Crippen LogP contribution in [0.15, 0.2) is 65.2 Å². The molecule has 4 rings (SSSR count). The van der Waals surface area contributed by atoms with Crippen molar-refractivity contribution in [3.05, 3.63) is 66.4 Å². The first-order valence-electron chi connectivity index (χ1n) is 7.60. The molecule has 0 unspecified atom stereocenters. The van der Waals surface area contributed by atoms with Gasteiger partial charge in [-0.1, -0.05) is 38.1 Å². The van der Waals surface area contributed by atoms with E-state index in [1.807, 2.05) is 36.5 Å². The molecule has 2 nitrogen and oxygen atoms in total. The van der Waals surface area contributed by atoms with Gasteiger partial charge in [0.1, 0.15) is 11.2 Å². The Kier molecular flexibility index (Phi) is 2.97. The van der Waals surface area contributed by atoms with Crippen LogP contribution >= 0.6 is 0 Å². The van der Waals surface area contributed by atoms with E-state index < -0.39 is 0 Å². The molecule has 0 saturated heterocycles. The van der Waals surface area contributed by atoms with Gasteiger partial charge in [-0.2, -0.15) is 0 Å². The van der Waals surface area contributed by atoms with Crippen molar-refractivity contribution in [1.82, 2.24) is 4.98 Å². The number of rotatable bonds is 2. The summed E-state index contributed by atoms with van der Waals surface area (Å²) < 4.78 is 6.13. The maximum Gasteiger partial charge on any atom is 0.144 e. The zero-order valence-corrected chi connectivity index (χ0v) is 12.7. The van der Waals surface area contributed by atoms with Crippen LogP contribution in [0.25, 0.3) is 33.2 Å². The molecule has 0 aliphatic heterocycles. The minimum atomic E-state index is 0.459. The lowest BCUT2D eigenvalue weighted by molar-refractivity contribution is 0.669. The molecule has 2 heteroatoms. The van der Waals surface area contributed by atoms with Crippen molar-refractivity contribution >= 4 is 21.9 Å². The number of pyridine rings is 1. The van der Waals surface area contributed by atoms with E-state index >= 15 is 0 Å². The Balaban J connectivity index is 2.14. The highest BCUT2D eigenvalue weighted by atomic mass is 16.3. The molecule has 0 radical (unpaired) electrons. The Hall–Kier alpha value is -2.61. The molecule has 0 amide bonds. The molecule has 0 fully saturated rings. The van der Waals surface area contributed by atoms with Gasteiger partial charge in [-0.15, -0.1) is 0 Å². The van der Waals surface area contributed by atoms with Crippen LogP contribution in [0.3, 0.4) is 0 Å².